The van der Waals surface area contributed by atoms with Gasteiger partial charge >= 0.3 is 5.97 Å². The van der Waals surface area contributed by atoms with Crippen molar-refractivity contribution >= 4 is 29.9 Å². The molecule has 0 aromatic heterocycles. The van der Waals surface area contributed by atoms with Gasteiger partial charge in [-0.2, -0.15) is 0 Å². The van der Waals surface area contributed by atoms with Gasteiger partial charge in [-0.15, -0.1) is 12.4 Å². The molecule has 0 aliphatic heterocycles. The van der Waals surface area contributed by atoms with Crippen LogP contribution in [0.4, 0.5) is 5.69 Å². The highest BCUT2D eigenvalue weighted by Crippen LogP contribution is 2.19. The van der Waals surface area contributed by atoms with Crippen molar-refractivity contribution in [3.63, 3.8) is 0 Å². The number of amidine groups is 1. The average Bonchev–Trinajstić information content (AvgIpc) is 2.37. The second-order valence-electron chi connectivity index (χ2n) is 5.85. The van der Waals surface area contributed by atoms with Crippen LogP contribution in [0, 0.1) is 5.41 Å². The second kappa shape index (κ2) is 8.00. The number of nitrogens with two attached hydrogens (primary N) is 1. The molecule has 1 rings (SSSR count). The van der Waals surface area contributed by atoms with Gasteiger partial charge in [0.15, 0.2) is 6.04 Å². The van der Waals surface area contributed by atoms with E-state index < -0.39 is 17.6 Å². The second-order valence-corrected chi connectivity index (χ2v) is 5.85. The van der Waals surface area contributed by atoms with Crippen molar-refractivity contribution in [1.29, 1.82) is 5.41 Å². The maximum atomic E-state index is 11.5. The molecular formula is C15H24ClN3O3. The van der Waals surface area contributed by atoms with Crippen LogP contribution in [-0.4, -0.2) is 42.2 Å². The first-order valence-corrected chi connectivity index (χ1v) is 6.66. The monoisotopic (exact) mass is 329 g/mol. The number of carboxylic acid groups (broad SMARTS) is 1. The summed E-state index contributed by atoms with van der Waals surface area (Å²) in [5.74, 6) is -1.02. The molecule has 4 N–H and O–H groups in total. The number of hydrogen-bond acceptors (Lipinski definition) is 4. The Morgan fingerprint density at radius 3 is 2.50 bits per heavy atom. The normalized spacial score (nSPS) is 12.2. The molecule has 0 bridgehead atoms. The van der Waals surface area contributed by atoms with Crippen molar-refractivity contribution in [2.45, 2.75) is 32.4 Å². The number of nitrogens with one attached hydrogen (secondary N) is 1. The Balaban J connectivity index is 0.00000441. The van der Waals surface area contributed by atoms with Crippen LogP contribution in [-0.2, 0) is 9.53 Å². The predicted octanol–water partition coefficient (Wildman–Crippen LogP) is 2.10. The zero-order valence-electron chi connectivity index (χ0n) is 13.3. The largest absolute Gasteiger partial charge is 0.480 e. The van der Waals surface area contributed by atoms with Gasteiger partial charge in [0.05, 0.1) is 12.2 Å². The quantitative estimate of drug-likeness (QED) is 0.548. The molecule has 0 fully saturated rings. The Morgan fingerprint density at radius 1 is 1.45 bits per heavy atom. The van der Waals surface area contributed by atoms with Gasteiger partial charge in [0, 0.05) is 18.3 Å². The molecule has 1 atom stereocenters. The van der Waals surface area contributed by atoms with E-state index in [-0.39, 0.29) is 24.8 Å². The number of anilines is 1. The van der Waals surface area contributed by atoms with Gasteiger partial charge in [0.2, 0.25) is 0 Å². The van der Waals surface area contributed by atoms with Crippen LogP contribution >= 0.6 is 12.4 Å². The number of carbonyl (C=O) groups is 1. The number of nitrogen functional groups attached to an aromatic ring is 1. The number of likely N-dealkylation sites (N-methyl/N-ethyl adjacent to an activating group) is 1. The molecule has 0 amide bonds. The number of nitrogens with zero attached hydrogens (tertiary/aromatic N) is 1. The van der Waals surface area contributed by atoms with E-state index in [2.05, 4.69) is 0 Å². The van der Waals surface area contributed by atoms with Crippen molar-refractivity contribution in [2.75, 3.05) is 18.6 Å². The highest BCUT2D eigenvalue weighted by atomic mass is 35.5. The molecule has 0 radical (unpaired) electrons. The van der Waals surface area contributed by atoms with Crippen LogP contribution in [0.5, 0.6) is 0 Å². The maximum Gasteiger partial charge on any atom is 0.328 e. The molecule has 0 aliphatic rings. The minimum atomic E-state index is -0.963. The first kappa shape index (κ1) is 20.2. The number of hydrogen-bond donors (Lipinski definition) is 3. The molecule has 1 aromatic carbocycles. The smallest absolute Gasteiger partial charge is 0.328 e. The molecular weight excluding hydrogens is 306 g/mol. The summed E-state index contributed by atoms with van der Waals surface area (Å²) in [5.41, 5.74) is 6.28. The molecule has 22 heavy (non-hydrogen) atoms. The van der Waals surface area contributed by atoms with Crippen LogP contribution in [0.25, 0.3) is 0 Å². The van der Waals surface area contributed by atoms with E-state index in [1.54, 1.807) is 36.2 Å². The Hall–Kier alpha value is -1.79. The van der Waals surface area contributed by atoms with E-state index in [0.717, 1.165) is 0 Å². The lowest BCUT2D eigenvalue weighted by Gasteiger charge is -2.30. The fourth-order valence-corrected chi connectivity index (χ4v) is 1.75. The summed E-state index contributed by atoms with van der Waals surface area (Å²) in [6.45, 7) is 5.70. The first-order chi connectivity index (χ1) is 9.61. The topological polar surface area (TPSA) is 99.6 Å². The molecule has 7 heteroatoms. The van der Waals surface area contributed by atoms with Crippen molar-refractivity contribution in [1.82, 2.24) is 0 Å². The van der Waals surface area contributed by atoms with Crippen LogP contribution in [0.15, 0.2) is 24.3 Å². The third-order valence-electron chi connectivity index (χ3n) is 2.99. The highest BCUT2D eigenvalue weighted by molar-refractivity contribution is 5.96. The SMILES string of the molecule is CN(c1cccc(C(=N)N)c1)[C@@H](COC(C)(C)C)C(=O)O.Cl. The van der Waals surface area contributed by atoms with E-state index in [0.29, 0.717) is 11.3 Å². The van der Waals surface area contributed by atoms with E-state index >= 15 is 0 Å². The highest BCUT2D eigenvalue weighted by Gasteiger charge is 2.26. The minimum Gasteiger partial charge on any atom is -0.480 e. The molecule has 0 spiro atoms. The number of carboxylic acids is 1. The van der Waals surface area contributed by atoms with Gasteiger partial charge in [0.1, 0.15) is 5.84 Å². The number of aliphatic carboxylic acids is 1. The zero-order valence-corrected chi connectivity index (χ0v) is 14.1. The third kappa shape index (κ3) is 5.91. The average molecular weight is 330 g/mol. The van der Waals surface area contributed by atoms with Gasteiger partial charge in [-0.05, 0) is 32.9 Å². The van der Waals surface area contributed by atoms with Gasteiger partial charge in [-0.25, -0.2) is 4.79 Å². The predicted molar refractivity (Wildman–Crippen MR) is 90.2 cm³/mol. The van der Waals surface area contributed by atoms with Crippen LogP contribution < -0.4 is 10.6 Å². The summed E-state index contributed by atoms with van der Waals surface area (Å²) in [6.07, 6.45) is 0. The lowest BCUT2D eigenvalue weighted by molar-refractivity contribution is -0.141. The van der Waals surface area contributed by atoms with Crippen LogP contribution in [0.1, 0.15) is 26.3 Å². The fourth-order valence-electron chi connectivity index (χ4n) is 1.75. The molecule has 6 nitrogen and oxygen atoms in total. The molecule has 0 aliphatic carbocycles. The summed E-state index contributed by atoms with van der Waals surface area (Å²) in [7, 11) is 1.68. The Bertz CT molecular complexity index is 529. The van der Waals surface area contributed by atoms with Gasteiger partial charge < -0.3 is 20.5 Å². The minimum absolute atomic E-state index is 0. The molecule has 124 valence electrons. The maximum absolute atomic E-state index is 11.5. The first-order valence-electron chi connectivity index (χ1n) is 6.66. The Morgan fingerprint density at radius 2 is 2.05 bits per heavy atom. The summed E-state index contributed by atoms with van der Waals surface area (Å²) >= 11 is 0. The molecule has 1 aromatic rings. The standard InChI is InChI=1S/C15H23N3O3.ClH/c1-15(2,3)21-9-12(14(19)20)18(4)11-7-5-6-10(8-11)13(16)17;/h5-8,12H,9H2,1-4H3,(H3,16,17)(H,19,20);1H/t12-;/m0./s1. The van der Waals surface area contributed by atoms with Crippen molar-refractivity contribution in [3.8, 4) is 0 Å². The van der Waals surface area contributed by atoms with Crippen LogP contribution in [0.3, 0.4) is 0 Å². The van der Waals surface area contributed by atoms with Crippen molar-refractivity contribution < 1.29 is 14.6 Å². The van der Waals surface area contributed by atoms with E-state index in [1.165, 1.54) is 0 Å². The lowest BCUT2D eigenvalue weighted by Crippen LogP contribution is -2.44. The van der Waals surface area contributed by atoms with Gasteiger partial charge in [-0.1, -0.05) is 12.1 Å². The zero-order chi connectivity index (χ0) is 16.2. The number of halogens is 1. The Labute approximate surface area is 137 Å². The molecule has 0 saturated heterocycles. The van der Waals surface area contributed by atoms with Gasteiger partial charge in [-0.3, -0.25) is 5.41 Å². The van der Waals surface area contributed by atoms with Crippen molar-refractivity contribution in [3.05, 3.63) is 29.8 Å². The summed E-state index contributed by atoms with van der Waals surface area (Å²) in [4.78, 5) is 13.1. The summed E-state index contributed by atoms with van der Waals surface area (Å²) in [5, 5.41) is 16.8. The molecule has 0 heterocycles. The summed E-state index contributed by atoms with van der Waals surface area (Å²) in [6, 6.07) is 6.11. The van der Waals surface area contributed by atoms with E-state index in [1.807, 2.05) is 20.8 Å². The van der Waals surface area contributed by atoms with E-state index in [9.17, 15) is 9.90 Å². The summed E-state index contributed by atoms with van der Waals surface area (Å²) < 4.78 is 5.58. The number of benzene rings is 1. The molecule has 0 unspecified atom stereocenters. The lowest BCUT2D eigenvalue weighted by atomic mass is 10.1. The molecule has 0 saturated carbocycles. The third-order valence-corrected chi connectivity index (χ3v) is 2.99. The Kier molecular flexibility index (Phi) is 7.35. The number of rotatable bonds is 6. The number of ether oxygens (including phenoxy) is 1. The van der Waals surface area contributed by atoms with Crippen LogP contribution in [0.2, 0.25) is 0 Å². The van der Waals surface area contributed by atoms with E-state index in [4.69, 9.17) is 15.9 Å². The van der Waals surface area contributed by atoms with Gasteiger partial charge in [0.25, 0.3) is 0 Å². The fraction of sp³-hybridized carbons (Fsp3) is 0.467. The van der Waals surface area contributed by atoms with Crippen molar-refractivity contribution in [2.24, 2.45) is 5.73 Å².